The number of ether oxygens (including phenoxy) is 1. The smallest absolute Gasteiger partial charge is 0.338 e. The van der Waals surface area contributed by atoms with Gasteiger partial charge < -0.3 is 14.5 Å². The molecule has 1 fully saturated rings. The van der Waals surface area contributed by atoms with Crippen LogP contribution in [0.2, 0.25) is 5.02 Å². The lowest BCUT2D eigenvalue weighted by Crippen LogP contribution is -2.39. The minimum Gasteiger partial charge on any atom is -0.462 e. The molecule has 6 nitrogen and oxygen atoms in total. The molecule has 0 spiro atoms. The van der Waals surface area contributed by atoms with E-state index in [0.717, 1.165) is 36.8 Å². The molecule has 1 saturated heterocycles. The summed E-state index contributed by atoms with van der Waals surface area (Å²) in [5, 5.41) is 4.84. The van der Waals surface area contributed by atoms with Gasteiger partial charge in [-0.3, -0.25) is 4.79 Å². The van der Waals surface area contributed by atoms with Gasteiger partial charge in [-0.05, 0) is 80.2 Å². The van der Waals surface area contributed by atoms with E-state index < -0.39 is 5.97 Å². The molecule has 0 unspecified atom stereocenters. The topological polar surface area (TPSA) is 68.2 Å². The van der Waals surface area contributed by atoms with E-state index in [4.69, 9.17) is 21.2 Å². The van der Waals surface area contributed by atoms with Gasteiger partial charge in [0.05, 0.1) is 17.9 Å². The van der Waals surface area contributed by atoms with Crippen molar-refractivity contribution in [2.24, 2.45) is 5.16 Å². The van der Waals surface area contributed by atoms with E-state index >= 15 is 0 Å². The lowest BCUT2D eigenvalue weighted by atomic mass is 9.89. The number of likely N-dealkylation sites (tertiary alicyclic amines) is 1. The molecular weight excluding hydrogens is 512 g/mol. The van der Waals surface area contributed by atoms with Crippen LogP contribution in [0.4, 0.5) is 0 Å². The van der Waals surface area contributed by atoms with Crippen LogP contribution < -0.4 is 0 Å². The maximum Gasteiger partial charge on any atom is 0.338 e. The highest BCUT2D eigenvalue weighted by atomic mass is 35.5. The van der Waals surface area contributed by atoms with Gasteiger partial charge in [-0.2, -0.15) is 0 Å². The molecule has 2 aromatic rings. The quantitative estimate of drug-likeness (QED) is 0.241. The number of aryl methyl sites for hydroxylation is 2. The van der Waals surface area contributed by atoms with Crippen LogP contribution in [0.5, 0.6) is 0 Å². The third-order valence-electron chi connectivity index (χ3n) is 7.29. The number of benzene rings is 2. The largest absolute Gasteiger partial charge is 0.462 e. The highest BCUT2D eigenvalue weighted by Crippen LogP contribution is 2.30. The zero-order valence-corrected chi connectivity index (χ0v) is 23.6. The summed E-state index contributed by atoms with van der Waals surface area (Å²) < 4.78 is 5.55. The molecule has 0 aromatic heterocycles. The summed E-state index contributed by atoms with van der Waals surface area (Å²) in [7, 11) is 0. The van der Waals surface area contributed by atoms with E-state index in [1.54, 1.807) is 0 Å². The zero-order chi connectivity index (χ0) is 27.6. The van der Waals surface area contributed by atoms with Crippen molar-refractivity contribution in [2.75, 3.05) is 26.3 Å². The first-order valence-electron chi connectivity index (χ1n) is 13.7. The fourth-order valence-electron chi connectivity index (χ4n) is 5.19. The first kappa shape index (κ1) is 28.6. The zero-order valence-electron chi connectivity index (χ0n) is 22.8. The molecule has 0 atom stereocenters. The van der Waals surface area contributed by atoms with Crippen LogP contribution in [-0.2, 0) is 20.8 Å². The van der Waals surface area contributed by atoms with Gasteiger partial charge in [-0.1, -0.05) is 71.4 Å². The Morgan fingerprint density at radius 3 is 2.54 bits per heavy atom. The summed E-state index contributed by atoms with van der Waals surface area (Å²) in [6, 6.07) is 12.4. The van der Waals surface area contributed by atoms with Crippen molar-refractivity contribution in [3.8, 4) is 0 Å². The standard InChI is InChI=1S/C32H37ClN2O4/c1-23-20-24(2)31(33)28-21-27(14-10-5-3-4-6-11-19-38-32(37)30(23)28)34-39-22-29(36)35-17-15-26(16-18-35)25-12-8-7-9-13-25/h4,6-10,12-14,20,26H,3,5,11,15-19,21-22H2,1-2H3/b6-4+,14-10+,34-27+. The van der Waals surface area contributed by atoms with E-state index in [-0.39, 0.29) is 18.9 Å². The summed E-state index contributed by atoms with van der Waals surface area (Å²) in [5.74, 6) is 0.00675. The van der Waals surface area contributed by atoms with Gasteiger partial charge in [0.1, 0.15) is 0 Å². The molecule has 2 aromatic carbocycles. The number of carbonyl (C=O) groups excluding carboxylic acids is 2. The molecule has 2 heterocycles. The van der Waals surface area contributed by atoms with E-state index in [1.165, 1.54) is 5.56 Å². The molecule has 2 aliphatic rings. The molecular formula is C32H37ClN2O4. The second-order valence-electron chi connectivity index (χ2n) is 10.2. The first-order chi connectivity index (χ1) is 18.9. The third kappa shape index (κ3) is 7.82. The molecule has 0 bridgehead atoms. The minimum atomic E-state index is -0.395. The van der Waals surface area contributed by atoms with Gasteiger partial charge in [0.2, 0.25) is 0 Å². The van der Waals surface area contributed by atoms with Gasteiger partial charge in [0.15, 0.2) is 6.61 Å². The summed E-state index contributed by atoms with van der Waals surface area (Å²) in [6.07, 6.45) is 12.5. The first-order valence-corrected chi connectivity index (χ1v) is 14.1. The van der Waals surface area contributed by atoms with Crippen molar-refractivity contribution in [1.82, 2.24) is 4.90 Å². The van der Waals surface area contributed by atoms with Crippen LogP contribution >= 0.6 is 11.6 Å². The fraction of sp³-hybridized carbons (Fsp3) is 0.406. The molecule has 1 amide bonds. The molecule has 206 valence electrons. The van der Waals surface area contributed by atoms with Crippen LogP contribution in [0.25, 0.3) is 0 Å². The number of amides is 1. The Morgan fingerprint density at radius 1 is 1.05 bits per heavy atom. The van der Waals surface area contributed by atoms with Crippen LogP contribution in [0, 0.1) is 13.8 Å². The SMILES string of the molecule is Cc1cc(C)c2c(c1Cl)CC(=N/OCC(=O)N1CCC(c3ccccc3)CC1)/C=C/CC/C=C/CCOC2=O. The van der Waals surface area contributed by atoms with E-state index in [0.29, 0.717) is 53.9 Å². The highest BCUT2D eigenvalue weighted by molar-refractivity contribution is 6.33. The van der Waals surface area contributed by atoms with E-state index in [2.05, 4.69) is 35.5 Å². The fourth-order valence-corrected chi connectivity index (χ4v) is 5.40. The number of rotatable bonds is 4. The van der Waals surface area contributed by atoms with Crippen LogP contribution in [-0.4, -0.2) is 48.8 Å². The number of allylic oxidation sites excluding steroid dienone is 3. The number of fused-ring (bicyclic) bond motifs is 1. The van der Waals surface area contributed by atoms with Crippen molar-refractivity contribution in [1.29, 1.82) is 0 Å². The van der Waals surface area contributed by atoms with Gasteiger partial charge in [0.25, 0.3) is 5.91 Å². The average molecular weight is 549 g/mol. The predicted molar refractivity (Wildman–Crippen MR) is 155 cm³/mol. The summed E-state index contributed by atoms with van der Waals surface area (Å²) in [4.78, 5) is 33.3. The van der Waals surface area contributed by atoms with Gasteiger partial charge in [0, 0.05) is 24.5 Å². The highest BCUT2D eigenvalue weighted by Gasteiger charge is 2.24. The van der Waals surface area contributed by atoms with Crippen molar-refractivity contribution in [3.05, 3.63) is 93.5 Å². The number of hydrogen-bond donors (Lipinski definition) is 0. The third-order valence-corrected chi connectivity index (χ3v) is 7.81. The summed E-state index contributed by atoms with van der Waals surface area (Å²) in [5.41, 5.74) is 4.73. The second-order valence-corrected chi connectivity index (χ2v) is 10.5. The van der Waals surface area contributed by atoms with Crippen molar-refractivity contribution < 1.29 is 19.2 Å². The normalized spacial score (nSPS) is 20.0. The number of halogens is 1. The van der Waals surface area contributed by atoms with Crippen molar-refractivity contribution in [3.63, 3.8) is 0 Å². The van der Waals surface area contributed by atoms with Gasteiger partial charge in [-0.25, -0.2) is 4.79 Å². The molecule has 4 rings (SSSR count). The maximum atomic E-state index is 13.0. The Hall–Kier alpha value is -3.38. The minimum absolute atomic E-state index is 0.0745. The lowest BCUT2D eigenvalue weighted by Gasteiger charge is -2.32. The lowest BCUT2D eigenvalue weighted by molar-refractivity contribution is -0.137. The van der Waals surface area contributed by atoms with Gasteiger partial charge >= 0.3 is 5.97 Å². The van der Waals surface area contributed by atoms with Crippen molar-refractivity contribution in [2.45, 2.75) is 58.3 Å². The molecule has 0 aliphatic carbocycles. The average Bonchev–Trinajstić information content (AvgIpc) is 2.94. The molecule has 0 saturated carbocycles. The number of carbonyl (C=O) groups is 2. The Kier molecular flexibility index (Phi) is 10.4. The Morgan fingerprint density at radius 2 is 1.77 bits per heavy atom. The van der Waals surface area contributed by atoms with Crippen molar-refractivity contribution >= 4 is 29.2 Å². The number of oxime groups is 1. The Labute approximate surface area is 236 Å². The Bertz CT molecular complexity index is 1240. The summed E-state index contributed by atoms with van der Waals surface area (Å²) in [6.45, 7) is 5.38. The number of cyclic esters (lactones) is 1. The Balaban J connectivity index is 1.46. The van der Waals surface area contributed by atoms with Gasteiger partial charge in [-0.15, -0.1) is 0 Å². The number of piperidine rings is 1. The molecule has 7 heteroatoms. The molecule has 39 heavy (non-hydrogen) atoms. The number of hydrogen-bond acceptors (Lipinski definition) is 5. The summed E-state index contributed by atoms with van der Waals surface area (Å²) >= 11 is 6.71. The van der Waals surface area contributed by atoms with Crippen LogP contribution in [0.1, 0.15) is 70.6 Å². The van der Waals surface area contributed by atoms with Crippen LogP contribution in [0.15, 0.2) is 65.9 Å². The van der Waals surface area contributed by atoms with E-state index in [9.17, 15) is 9.59 Å². The predicted octanol–water partition coefficient (Wildman–Crippen LogP) is 6.73. The molecule has 0 N–H and O–H groups in total. The van der Waals surface area contributed by atoms with E-state index in [1.807, 2.05) is 49.1 Å². The molecule has 2 aliphatic heterocycles. The maximum absolute atomic E-state index is 13.0. The molecule has 0 radical (unpaired) electrons. The number of nitrogens with zero attached hydrogens (tertiary/aromatic N) is 2. The second kappa shape index (κ2) is 14.1. The monoisotopic (exact) mass is 548 g/mol. The van der Waals surface area contributed by atoms with Crippen LogP contribution in [0.3, 0.4) is 0 Å². The number of esters is 1.